The van der Waals surface area contributed by atoms with Gasteiger partial charge in [-0.3, -0.25) is 4.98 Å². The molecule has 2 aromatic rings. The Balaban J connectivity index is 2.08. The van der Waals surface area contributed by atoms with Gasteiger partial charge in [-0.15, -0.1) is 0 Å². The number of hydrogen-bond donors (Lipinski definition) is 2. The Morgan fingerprint density at radius 1 is 1.37 bits per heavy atom. The van der Waals surface area contributed by atoms with E-state index in [1.54, 1.807) is 0 Å². The minimum absolute atomic E-state index is 0.0278. The Morgan fingerprint density at radius 3 is 2.74 bits per heavy atom. The third kappa shape index (κ3) is 3.18. The van der Waals surface area contributed by atoms with Crippen LogP contribution in [0.5, 0.6) is 0 Å². The summed E-state index contributed by atoms with van der Waals surface area (Å²) in [4.78, 5) is 14.3. The highest BCUT2D eigenvalue weighted by Crippen LogP contribution is 2.10. The predicted molar refractivity (Wildman–Crippen MR) is 63.9 cm³/mol. The van der Waals surface area contributed by atoms with Gasteiger partial charge in [0.1, 0.15) is 10.7 Å². The fourth-order valence-corrected chi connectivity index (χ4v) is 2.30. The highest BCUT2D eigenvalue weighted by atomic mass is 32.2. The van der Waals surface area contributed by atoms with Crippen LogP contribution in [0, 0.1) is 0 Å². The maximum Gasteiger partial charge on any atom is 0.371 e. The van der Waals surface area contributed by atoms with E-state index in [4.69, 9.17) is 9.52 Å². The number of sulfonamides is 1. The van der Waals surface area contributed by atoms with Gasteiger partial charge < -0.3 is 9.52 Å². The summed E-state index contributed by atoms with van der Waals surface area (Å²) >= 11 is 0. The molecule has 100 valence electrons. The first-order chi connectivity index (χ1) is 8.99. The smallest absolute Gasteiger partial charge is 0.371 e. The number of rotatable bonds is 5. The molecule has 2 rings (SSSR count). The predicted octanol–water partition coefficient (Wildman–Crippen LogP) is 0.851. The normalized spacial score (nSPS) is 11.4. The molecule has 2 aromatic heterocycles. The minimum Gasteiger partial charge on any atom is -0.475 e. The second-order valence-corrected chi connectivity index (χ2v) is 5.35. The average molecular weight is 282 g/mol. The molecule has 0 fully saturated rings. The van der Waals surface area contributed by atoms with E-state index < -0.39 is 16.0 Å². The molecule has 0 aliphatic rings. The summed E-state index contributed by atoms with van der Waals surface area (Å²) in [7, 11) is -3.69. The first-order valence-corrected chi connectivity index (χ1v) is 6.69. The Hall–Kier alpha value is -2.19. The van der Waals surface area contributed by atoms with Gasteiger partial charge in [-0.1, -0.05) is 0 Å². The number of carbonyl (C=O) groups is 1. The maximum atomic E-state index is 11.8. The third-order valence-electron chi connectivity index (χ3n) is 2.25. The Labute approximate surface area is 108 Å². The second kappa shape index (κ2) is 5.21. The summed E-state index contributed by atoms with van der Waals surface area (Å²) < 4.78 is 30.9. The lowest BCUT2D eigenvalue weighted by Gasteiger charge is -2.04. The van der Waals surface area contributed by atoms with E-state index in [9.17, 15) is 13.2 Å². The van der Waals surface area contributed by atoms with Crippen molar-refractivity contribution in [1.29, 1.82) is 0 Å². The van der Waals surface area contributed by atoms with Crippen LogP contribution in [0.2, 0.25) is 0 Å². The molecule has 0 bridgehead atoms. The lowest BCUT2D eigenvalue weighted by molar-refractivity contribution is 0.0660. The van der Waals surface area contributed by atoms with Crippen molar-refractivity contribution in [2.75, 3.05) is 0 Å². The Bertz CT molecular complexity index is 678. The number of furan rings is 1. The third-order valence-corrected chi connectivity index (χ3v) is 3.64. The lowest BCUT2D eigenvalue weighted by Crippen LogP contribution is -2.23. The van der Waals surface area contributed by atoms with E-state index >= 15 is 0 Å². The van der Waals surface area contributed by atoms with Gasteiger partial charge in [0.15, 0.2) is 0 Å². The fourth-order valence-electron chi connectivity index (χ4n) is 1.34. The van der Waals surface area contributed by atoms with Gasteiger partial charge in [-0.2, -0.15) is 0 Å². The SMILES string of the molecule is O=C(O)c1ccc(CNS(=O)(=O)c2cccnc2)o1. The summed E-state index contributed by atoms with van der Waals surface area (Å²) in [6.45, 7) is -0.134. The Morgan fingerprint density at radius 2 is 2.16 bits per heavy atom. The molecule has 0 unspecified atom stereocenters. The number of carboxylic acids is 1. The van der Waals surface area contributed by atoms with E-state index in [1.807, 2.05) is 0 Å². The van der Waals surface area contributed by atoms with Crippen molar-refractivity contribution in [3.8, 4) is 0 Å². The highest BCUT2D eigenvalue weighted by molar-refractivity contribution is 7.89. The molecule has 8 heteroatoms. The maximum absolute atomic E-state index is 11.8. The molecule has 0 aliphatic heterocycles. The van der Waals surface area contributed by atoms with Crippen LogP contribution in [0.1, 0.15) is 16.3 Å². The molecular weight excluding hydrogens is 272 g/mol. The van der Waals surface area contributed by atoms with Crippen LogP contribution in [0.15, 0.2) is 46.0 Å². The van der Waals surface area contributed by atoms with Gasteiger partial charge in [-0.25, -0.2) is 17.9 Å². The van der Waals surface area contributed by atoms with Crippen LogP contribution < -0.4 is 4.72 Å². The molecule has 0 radical (unpaired) electrons. The first-order valence-electron chi connectivity index (χ1n) is 5.21. The first kappa shape index (κ1) is 13.2. The number of aromatic nitrogens is 1. The van der Waals surface area contributed by atoms with Gasteiger partial charge >= 0.3 is 5.97 Å². The van der Waals surface area contributed by atoms with E-state index in [2.05, 4.69) is 9.71 Å². The average Bonchev–Trinajstić information content (AvgIpc) is 2.87. The Kier molecular flexibility index (Phi) is 3.63. The monoisotopic (exact) mass is 282 g/mol. The molecule has 0 amide bonds. The number of nitrogens with one attached hydrogen (secondary N) is 1. The van der Waals surface area contributed by atoms with Crippen molar-refractivity contribution < 1.29 is 22.7 Å². The number of hydrogen-bond acceptors (Lipinski definition) is 5. The van der Waals surface area contributed by atoms with Crippen LogP contribution in [-0.4, -0.2) is 24.5 Å². The molecule has 2 N–H and O–H groups in total. The zero-order chi connectivity index (χ0) is 13.9. The number of pyridine rings is 1. The lowest BCUT2D eigenvalue weighted by atomic mass is 10.4. The van der Waals surface area contributed by atoms with Crippen molar-refractivity contribution in [2.45, 2.75) is 11.4 Å². The van der Waals surface area contributed by atoms with Crippen LogP contribution in [-0.2, 0) is 16.6 Å². The van der Waals surface area contributed by atoms with E-state index in [0.717, 1.165) is 0 Å². The summed E-state index contributed by atoms with van der Waals surface area (Å²) in [5, 5.41) is 8.66. The fraction of sp³-hybridized carbons (Fsp3) is 0.0909. The quantitative estimate of drug-likeness (QED) is 0.841. The summed E-state index contributed by atoms with van der Waals surface area (Å²) in [6, 6.07) is 5.56. The van der Waals surface area contributed by atoms with Crippen molar-refractivity contribution in [2.24, 2.45) is 0 Å². The van der Waals surface area contributed by atoms with Crippen LogP contribution >= 0.6 is 0 Å². The number of carboxylic acid groups (broad SMARTS) is 1. The molecular formula is C11H10N2O5S. The van der Waals surface area contributed by atoms with Crippen LogP contribution in [0.25, 0.3) is 0 Å². The van der Waals surface area contributed by atoms with Crippen molar-refractivity contribution in [3.05, 3.63) is 48.2 Å². The van der Waals surface area contributed by atoms with Gasteiger partial charge in [0.2, 0.25) is 15.8 Å². The van der Waals surface area contributed by atoms with Crippen molar-refractivity contribution in [3.63, 3.8) is 0 Å². The standard InChI is InChI=1S/C11H10N2O5S/c14-11(15)10-4-3-8(18-10)6-13-19(16,17)9-2-1-5-12-7-9/h1-5,7,13H,6H2,(H,14,15). The van der Waals surface area contributed by atoms with Gasteiger partial charge in [-0.05, 0) is 24.3 Å². The van der Waals surface area contributed by atoms with E-state index in [-0.39, 0.29) is 23.0 Å². The molecule has 0 saturated heterocycles. The molecule has 0 spiro atoms. The van der Waals surface area contributed by atoms with Crippen molar-refractivity contribution in [1.82, 2.24) is 9.71 Å². The second-order valence-electron chi connectivity index (χ2n) is 3.58. The highest BCUT2D eigenvalue weighted by Gasteiger charge is 2.15. The molecule has 0 aromatic carbocycles. The molecule has 0 saturated carbocycles. The zero-order valence-electron chi connectivity index (χ0n) is 9.61. The van der Waals surface area contributed by atoms with Crippen LogP contribution in [0.4, 0.5) is 0 Å². The number of nitrogens with zero attached hydrogens (tertiary/aromatic N) is 1. The van der Waals surface area contributed by atoms with Gasteiger partial charge in [0.25, 0.3) is 0 Å². The summed E-state index contributed by atoms with van der Waals surface area (Å²) in [5.41, 5.74) is 0. The van der Waals surface area contributed by atoms with Crippen LogP contribution in [0.3, 0.4) is 0 Å². The summed E-state index contributed by atoms with van der Waals surface area (Å²) in [5.74, 6) is -1.23. The minimum atomic E-state index is -3.69. The molecule has 0 atom stereocenters. The number of aromatic carboxylic acids is 1. The topological polar surface area (TPSA) is 110 Å². The zero-order valence-corrected chi connectivity index (χ0v) is 10.4. The largest absolute Gasteiger partial charge is 0.475 e. The van der Waals surface area contributed by atoms with Gasteiger partial charge in [0, 0.05) is 12.4 Å². The molecule has 19 heavy (non-hydrogen) atoms. The van der Waals surface area contributed by atoms with Crippen molar-refractivity contribution >= 4 is 16.0 Å². The molecule has 0 aliphatic carbocycles. The van der Waals surface area contributed by atoms with E-state index in [1.165, 1.54) is 36.7 Å². The van der Waals surface area contributed by atoms with E-state index in [0.29, 0.717) is 0 Å². The van der Waals surface area contributed by atoms with Gasteiger partial charge in [0.05, 0.1) is 6.54 Å². The molecule has 7 nitrogen and oxygen atoms in total. The summed E-state index contributed by atoms with van der Waals surface area (Å²) in [6.07, 6.45) is 2.68. The molecule has 2 heterocycles.